The van der Waals surface area contributed by atoms with Crippen molar-refractivity contribution in [1.82, 2.24) is 10.2 Å². The van der Waals surface area contributed by atoms with Crippen LogP contribution in [0.15, 0.2) is 90.1 Å². The molecule has 2 N–H and O–H groups in total. The number of carbonyl (C=O) groups is 2. The molecule has 3 aromatic carbocycles. The van der Waals surface area contributed by atoms with E-state index in [0.29, 0.717) is 31.5 Å². The molecule has 0 aromatic heterocycles. The van der Waals surface area contributed by atoms with Crippen LogP contribution in [0.25, 0.3) is 11.1 Å². The van der Waals surface area contributed by atoms with Gasteiger partial charge in [-0.3, -0.25) is 9.59 Å². The van der Waals surface area contributed by atoms with Crippen LogP contribution in [0, 0.1) is 0 Å². The molecule has 1 saturated heterocycles. The van der Waals surface area contributed by atoms with Crippen LogP contribution in [-0.2, 0) is 9.63 Å². The molecule has 4 rings (SSSR count). The fourth-order valence-electron chi connectivity index (χ4n) is 4.47. The molecular formula is C29H31N3O4. The molecule has 1 fully saturated rings. The molecule has 0 radical (unpaired) electrons. The largest absolute Gasteiger partial charge is 0.399 e. The van der Waals surface area contributed by atoms with Gasteiger partial charge < -0.3 is 20.2 Å². The molecule has 1 heterocycles. The number of carbonyl (C=O) groups excluding carboxylic acids is 2. The summed E-state index contributed by atoms with van der Waals surface area (Å²) in [6, 6.07) is 26.5. The van der Waals surface area contributed by atoms with Gasteiger partial charge in [0.1, 0.15) is 7.11 Å². The van der Waals surface area contributed by atoms with Crippen LogP contribution >= 0.6 is 0 Å². The number of aliphatic hydroxyl groups is 1. The molecule has 7 heteroatoms. The van der Waals surface area contributed by atoms with Crippen LogP contribution in [0.1, 0.15) is 41.3 Å². The summed E-state index contributed by atoms with van der Waals surface area (Å²) in [5, 5.41) is 17.2. The highest BCUT2D eigenvalue weighted by atomic mass is 16.6. The predicted molar refractivity (Wildman–Crippen MR) is 139 cm³/mol. The lowest BCUT2D eigenvalue weighted by Gasteiger charge is -2.24. The van der Waals surface area contributed by atoms with Crippen molar-refractivity contribution in [2.75, 3.05) is 20.2 Å². The summed E-state index contributed by atoms with van der Waals surface area (Å²) in [6.45, 7) is 0.660. The molecule has 0 saturated carbocycles. The molecule has 0 bridgehead atoms. The minimum atomic E-state index is -0.643. The summed E-state index contributed by atoms with van der Waals surface area (Å²) in [6.07, 6.45) is 0.391. The molecule has 2 atom stereocenters. The van der Waals surface area contributed by atoms with Gasteiger partial charge in [-0.1, -0.05) is 78.0 Å². The van der Waals surface area contributed by atoms with Crippen molar-refractivity contribution in [2.24, 2.45) is 5.16 Å². The lowest BCUT2D eigenvalue weighted by atomic mass is 10.0. The van der Waals surface area contributed by atoms with Gasteiger partial charge in [-0.2, -0.15) is 0 Å². The van der Waals surface area contributed by atoms with E-state index in [2.05, 4.69) is 10.5 Å². The highest BCUT2D eigenvalue weighted by Gasteiger charge is 2.35. The fourth-order valence-corrected chi connectivity index (χ4v) is 4.47. The van der Waals surface area contributed by atoms with Gasteiger partial charge in [-0.25, -0.2) is 0 Å². The molecular weight excluding hydrogens is 454 g/mol. The summed E-state index contributed by atoms with van der Waals surface area (Å²) in [5.74, 6) is -0.315. The number of aliphatic hydroxyl groups excluding tert-OH is 1. The van der Waals surface area contributed by atoms with E-state index in [1.165, 1.54) is 7.11 Å². The third-order valence-corrected chi connectivity index (χ3v) is 6.33. The fraction of sp³-hybridized carbons (Fsp3) is 0.276. The zero-order chi connectivity index (χ0) is 25.3. The van der Waals surface area contributed by atoms with Crippen LogP contribution < -0.4 is 5.32 Å². The van der Waals surface area contributed by atoms with E-state index in [9.17, 15) is 14.7 Å². The topological polar surface area (TPSA) is 91.2 Å². The zero-order valence-electron chi connectivity index (χ0n) is 20.3. The second kappa shape index (κ2) is 12.1. The van der Waals surface area contributed by atoms with Gasteiger partial charge in [-0.05, 0) is 35.2 Å². The number of hydrogen-bond acceptors (Lipinski definition) is 5. The van der Waals surface area contributed by atoms with Crippen molar-refractivity contribution < 1.29 is 19.5 Å². The van der Waals surface area contributed by atoms with E-state index < -0.39 is 6.10 Å². The molecule has 2 amide bonds. The van der Waals surface area contributed by atoms with Crippen LogP contribution in [0.4, 0.5) is 0 Å². The number of likely N-dealkylation sites (tertiary alicyclic amines) is 1. The Morgan fingerprint density at radius 1 is 1.00 bits per heavy atom. The van der Waals surface area contributed by atoms with Crippen molar-refractivity contribution in [3.05, 3.63) is 96.1 Å². The van der Waals surface area contributed by atoms with E-state index in [0.717, 1.165) is 22.4 Å². The van der Waals surface area contributed by atoms with E-state index in [4.69, 9.17) is 4.84 Å². The van der Waals surface area contributed by atoms with E-state index in [1.807, 2.05) is 84.9 Å². The number of hydrogen-bond donors (Lipinski definition) is 2. The Kier molecular flexibility index (Phi) is 8.47. The zero-order valence-corrected chi connectivity index (χ0v) is 20.3. The molecule has 0 unspecified atom stereocenters. The van der Waals surface area contributed by atoms with Crippen molar-refractivity contribution in [3.63, 3.8) is 0 Å². The summed E-state index contributed by atoms with van der Waals surface area (Å²) in [5.41, 5.74) is 4.22. The molecule has 0 spiro atoms. The Bertz CT molecular complexity index is 1180. The van der Waals surface area contributed by atoms with E-state index in [-0.39, 0.29) is 24.3 Å². The minimum Gasteiger partial charge on any atom is -0.399 e. The molecule has 1 aliphatic heterocycles. The summed E-state index contributed by atoms with van der Waals surface area (Å²) >= 11 is 0. The minimum absolute atomic E-state index is 0.145. The molecule has 7 nitrogen and oxygen atoms in total. The molecule has 186 valence electrons. The monoisotopic (exact) mass is 485 g/mol. The lowest BCUT2D eigenvalue weighted by Crippen LogP contribution is -2.39. The first-order valence-electron chi connectivity index (χ1n) is 12.1. The Hall–Kier alpha value is -3.97. The van der Waals surface area contributed by atoms with Crippen molar-refractivity contribution in [2.45, 2.75) is 31.4 Å². The number of benzene rings is 3. The van der Waals surface area contributed by atoms with Gasteiger partial charge in [-0.15, -0.1) is 0 Å². The Morgan fingerprint density at radius 3 is 2.31 bits per heavy atom. The van der Waals surface area contributed by atoms with E-state index in [1.54, 1.807) is 4.90 Å². The smallest absolute Gasteiger partial charge is 0.254 e. The third kappa shape index (κ3) is 6.37. The maximum absolute atomic E-state index is 13.4. The molecule has 0 aliphatic carbocycles. The normalized spacial score (nSPS) is 17.1. The van der Waals surface area contributed by atoms with Crippen LogP contribution in [0.2, 0.25) is 0 Å². The molecule has 36 heavy (non-hydrogen) atoms. The first-order valence-corrected chi connectivity index (χ1v) is 12.1. The summed E-state index contributed by atoms with van der Waals surface area (Å²) in [4.78, 5) is 32.7. The number of amides is 2. The SMILES string of the molecule is CON=C1C[C@@H](CC(=O)NCC[C@H](O)c2ccccc2)N(C(=O)c2ccc(-c3ccccc3)cc2)C1. The van der Waals surface area contributed by atoms with Gasteiger partial charge in [0, 0.05) is 31.0 Å². The van der Waals surface area contributed by atoms with Gasteiger partial charge in [0.05, 0.1) is 18.4 Å². The van der Waals surface area contributed by atoms with Crippen molar-refractivity contribution in [3.8, 4) is 11.1 Å². The van der Waals surface area contributed by atoms with Crippen LogP contribution in [-0.4, -0.2) is 53.8 Å². The first-order chi connectivity index (χ1) is 17.5. The highest BCUT2D eigenvalue weighted by molar-refractivity contribution is 6.01. The average Bonchev–Trinajstić information content (AvgIpc) is 3.31. The van der Waals surface area contributed by atoms with Gasteiger partial charge in [0.25, 0.3) is 5.91 Å². The maximum Gasteiger partial charge on any atom is 0.254 e. The summed E-state index contributed by atoms with van der Waals surface area (Å²) in [7, 11) is 1.47. The van der Waals surface area contributed by atoms with E-state index >= 15 is 0 Å². The maximum atomic E-state index is 13.4. The quantitative estimate of drug-likeness (QED) is 0.445. The standard InChI is InChI=1S/C29H31N3O4/c1-36-31-25-18-26(19-28(34)30-17-16-27(33)23-10-6-3-7-11-23)32(20-25)29(35)24-14-12-22(13-15-24)21-8-4-2-5-9-21/h2-15,26-27,33H,16-20H2,1H3,(H,30,34)/t26-,27-/m0/s1. The highest BCUT2D eigenvalue weighted by Crippen LogP contribution is 2.24. The second-order valence-corrected chi connectivity index (χ2v) is 8.84. The van der Waals surface area contributed by atoms with Gasteiger partial charge >= 0.3 is 0 Å². The number of oxime groups is 1. The third-order valence-electron chi connectivity index (χ3n) is 6.33. The van der Waals surface area contributed by atoms with Crippen molar-refractivity contribution >= 4 is 17.5 Å². The number of nitrogens with one attached hydrogen (secondary N) is 1. The number of nitrogens with zero attached hydrogens (tertiary/aromatic N) is 2. The molecule has 3 aromatic rings. The Balaban J connectivity index is 1.37. The summed E-state index contributed by atoms with van der Waals surface area (Å²) < 4.78 is 0. The Labute approximate surface area is 211 Å². The Morgan fingerprint density at radius 2 is 1.64 bits per heavy atom. The van der Waals surface area contributed by atoms with Crippen LogP contribution in [0.3, 0.4) is 0 Å². The molecule has 1 aliphatic rings. The second-order valence-electron chi connectivity index (χ2n) is 8.84. The predicted octanol–water partition coefficient (Wildman–Crippen LogP) is 4.20. The number of rotatable bonds is 9. The average molecular weight is 486 g/mol. The first kappa shape index (κ1) is 25.1. The van der Waals surface area contributed by atoms with Crippen LogP contribution in [0.5, 0.6) is 0 Å². The van der Waals surface area contributed by atoms with Gasteiger partial charge in [0.2, 0.25) is 5.91 Å². The van der Waals surface area contributed by atoms with Gasteiger partial charge in [0.15, 0.2) is 0 Å². The lowest BCUT2D eigenvalue weighted by molar-refractivity contribution is -0.122. The van der Waals surface area contributed by atoms with Crippen molar-refractivity contribution in [1.29, 1.82) is 0 Å².